The number of hydrogen-bond acceptors (Lipinski definition) is 3. The van der Waals surface area contributed by atoms with E-state index in [0.717, 1.165) is 12.8 Å². The van der Waals surface area contributed by atoms with Crippen LogP contribution < -0.4 is 5.73 Å². The Labute approximate surface area is 182 Å². The maximum atomic E-state index is 11.1. The maximum Gasteiger partial charge on any atom is 0.211 e. The average Bonchev–Trinajstić information content (AvgIpc) is 2.74. The summed E-state index contributed by atoms with van der Waals surface area (Å²) in [4.78, 5) is 21.4. The Bertz CT molecular complexity index is 357. The molecule has 0 aromatic rings. The van der Waals surface area contributed by atoms with Gasteiger partial charge in [0.05, 0.1) is 6.04 Å². The number of Topliss-reactive ketones (excluding diaryl/α,β-unsaturated/α-hetero) is 1. The molecule has 172 valence electrons. The van der Waals surface area contributed by atoms with Crippen molar-refractivity contribution in [1.29, 1.82) is 0 Å². The van der Waals surface area contributed by atoms with Crippen molar-refractivity contribution < 1.29 is 9.59 Å². The summed E-state index contributed by atoms with van der Waals surface area (Å²) in [6.07, 6.45) is 29.7. The first-order valence-corrected chi connectivity index (χ1v) is 13.0. The molecule has 0 rings (SSSR count). The van der Waals surface area contributed by atoms with E-state index in [0.29, 0.717) is 12.7 Å². The van der Waals surface area contributed by atoms with Gasteiger partial charge in [0.2, 0.25) is 5.78 Å². The van der Waals surface area contributed by atoms with Crippen LogP contribution in [0, 0.1) is 0 Å². The van der Waals surface area contributed by atoms with Crippen LogP contribution in [0.3, 0.4) is 0 Å². The second kappa shape index (κ2) is 23.6. The fourth-order valence-corrected chi connectivity index (χ4v) is 4.03. The third-order valence-corrected chi connectivity index (χ3v) is 6.10. The van der Waals surface area contributed by atoms with E-state index in [1.54, 1.807) is 0 Å². The Morgan fingerprint density at radius 3 is 1.14 bits per heavy atom. The Morgan fingerprint density at radius 1 is 0.586 bits per heavy atom. The number of carbonyl (C=O) groups is 2. The highest BCUT2D eigenvalue weighted by molar-refractivity contribution is 6.27. The lowest BCUT2D eigenvalue weighted by Gasteiger charge is -2.06. The van der Waals surface area contributed by atoms with Crippen molar-refractivity contribution in [2.75, 3.05) is 0 Å². The van der Waals surface area contributed by atoms with Crippen molar-refractivity contribution in [3.8, 4) is 0 Å². The van der Waals surface area contributed by atoms with Crippen molar-refractivity contribution >= 4 is 12.1 Å². The highest BCUT2D eigenvalue weighted by atomic mass is 16.2. The molecule has 1 atom stereocenters. The Hall–Kier alpha value is -0.700. The van der Waals surface area contributed by atoms with Crippen molar-refractivity contribution in [3.63, 3.8) is 0 Å². The third-order valence-electron chi connectivity index (χ3n) is 6.10. The molecule has 29 heavy (non-hydrogen) atoms. The lowest BCUT2D eigenvalue weighted by Crippen LogP contribution is -2.31. The first-order valence-electron chi connectivity index (χ1n) is 13.0. The molecule has 0 aromatic heterocycles. The van der Waals surface area contributed by atoms with Gasteiger partial charge in [0, 0.05) is 0 Å². The number of ketones is 1. The summed E-state index contributed by atoms with van der Waals surface area (Å²) < 4.78 is 0. The molecule has 0 fully saturated rings. The Morgan fingerprint density at radius 2 is 0.862 bits per heavy atom. The topological polar surface area (TPSA) is 60.2 Å². The van der Waals surface area contributed by atoms with Gasteiger partial charge in [-0.1, -0.05) is 142 Å². The van der Waals surface area contributed by atoms with E-state index in [-0.39, 0.29) is 0 Å². The monoisotopic (exact) mass is 409 g/mol. The van der Waals surface area contributed by atoms with Gasteiger partial charge in [-0.3, -0.25) is 9.59 Å². The molecule has 0 spiro atoms. The van der Waals surface area contributed by atoms with Gasteiger partial charge in [-0.15, -0.1) is 0 Å². The molecule has 0 aliphatic heterocycles. The summed E-state index contributed by atoms with van der Waals surface area (Å²) >= 11 is 0. The van der Waals surface area contributed by atoms with Crippen LogP contribution in [-0.2, 0) is 9.59 Å². The lowest BCUT2D eigenvalue weighted by molar-refractivity contribution is -0.130. The lowest BCUT2D eigenvalue weighted by atomic mass is 10.0. The number of hydrogen-bond donors (Lipinski definition) is 1. The normalized spacial score (nSPS) is 12.2. The van der Waals surface area contributed by atoms with Gasteiger partial charge in [-0.05, 0) is 6.42 Å². The highest BCUT2D eigenvalue weighted by Crippen LogP contribution is 2.15. The molecule has 0 heterocycles. The molecule has 0 saturated carbocycles. The van der Waals surface area contributed by atoms with E-state index >= 15 is 0 Å². The predicted octanol–water partition coefficient (Wildman–Crippen LogP) is 7.68. The smallest absolute Gasteiger partial charge is 0.211 e. The number of aldehydes is 1. The quantitative estimate of drug-likeness (QED) is 0.101. The van der Waals surface area contributed by atoms with Crippen LogP contribution in [0.15, 0.2) is 0 Å². The number of nitrogens with two attached hydrogens (primary N) is 1. The van der Waals surface area contributed by atoms with Gasteiger partial charge >= 0.3 is 0 Å². The molecule has 1 unspecified atom stereocenters. The highest BCUT2D eigenvalue weighted by Gasteiger charge is 2.10. The van der Waals surface area contributed by atoms with E-state index in [9.17, 15) is 9.59 Å². The maximum absolute atomic E-state index is 11.1. The van der Waals surface area contributed by atoms with Crippen LogP contribution in [0.1, 0.15) is 148 Å². The van der Waals surface area contributed by atoms with Gasteiger partial charge in [-0.2, -0.15) is 0 Å². The molecule has 0 bridgehead atoms. The van der Waals surface area contributed by atoms with Gasteiger partial charge < -0.3 is 5.73 Å². The second-order valence-electron chi connectivity index (χ2n) is 8.99. The van der Waals surface area contributed by atoms with E-state index in [1.165, 1.54) is 122 Å². The number of unbranched alkanes of at least 4 members (excludes halogenated alkanes) is 20. The van der Waals surface area contributed by atoms with Crippen LogP contribution >= 0.6 is 0 Å². The zero-order valence-corrected chi connectivity index (χ0v) is 19.6. The molecule has 3 heteroatoms. The average molecular weight is 410 g/mol. The molecule has 0 amide bonds. The van der Waals surface area contributed by atoms with Crippen molar-refractivity contribution in [2.24, 2.45) is 5.73 Å². The molecule has 3 nitrogen and oxygen atoms in total. The van der Waals surface area contributed by atoms with Crippen LogP contribution in [-0.4, -0.2) is 18.1 Å². The second-order valence-corrected chi connectivity index (χ2v) is 8.99. The fourth-order valence-electron chi connectivity index (χ4n) is 4.03. The van der Waals surface area contributed by atoms with E-state index in [1.807, 2.05) is 0 Å². The van der Waals surface area contributed by atoms with E-state index < -0.39 is 11.8 Å². The third kappa shape index (κ3) is 21.8. The molecule has 0 aromatic carbocycles. The van der Waals surface area contributed by atoms with Crippen LogP contribution in [0.4, 0.5) is 0 Å². The van der Waals surface area contributed by atoms with Crippen molar-refractivity contribution in [3.05, 3.63) is 0 Å². The van der Waals surface area contributed by atoms with E-state index in [2.05, 4.69) is 6.92 Å². The minimum atomic E-state index is -0.576. The Kier molecular flexibility index (Phi) is 23.0. The zero-order valence-electron chi connectivity index (χ0n) is 19.6. The molecule has 0 radical (unpaired) electrons. The summed E-state index contributed by atoms with van der Waals surface area (Å²) in [5, 5.41) is 0. The minimum Gasteiger partial charge on any atom is -0.321 e. The standard InChI is InChI=1S/C26H51NO2/c1-2-3-4-5-6-7-8-9-10-11-12-13-14-15-16-17-18-19-20-21-22-23-25(27)26(29)24-28/h24-25H,2-23,27H2,1H3. The zero-order chi connectivity index (χ0) is 21.4. The molecule has 0 aliphatic rings. The minimum absolute atomic E-state index is 0.349. The van der Waals surface area contributed by atoms with Gasteiger partial charge in [0.1, 0.15) is 0 Å². The molecule has 0 aliphatic carbocycles. The predicted molar refractivity (Wildman–Crippen MR) is 126 cm³/mol. The number of rotatable bonds is 24. The summed E-state index contributed by atoms with van der Waals surface area (Å²) in [5.41, 5.74) is 5.63. The van der Waals surface area contributed by atoms with Crippen LogP contribution in [0.5, 0.6) is 0 Å². The summed E-state index contributed by atoms with van der Waals surface area (Å²) in [6, 6.07) is -0.576. The first kappa shape index (κ1) is 28.3. The Balaban J connectivity index is 3.08. The molecule has 2 N–H and O–H groups in total. The molecule has 0 saturated heterocycles. The summed E-state index contributed by atoms with van der Waals surface area (Å²) in [7, 11) is 0. The summed E-state index contributed by atoms with van der Waals surface area (Å²) in [6.45, 7) is 2.29. The van der Waals surface area contributed by atoms with Gasteiger partial charge in [-0.25, -0.2) is 0 Å². The fraction of sp³-hybridized carbons (Fsp3) is 0.923. The van der Waals surface area contributed by atoms with E-state index in [4.69, 9.17) is 5.73 Å². The van der Waals surface area contributed by atoms with Gasteiger partial charge in [0.15, 0.2) is 6.29 Å². The largest absolute Gasteiger partial charge is 0.321 e. The first-order chi connectivity index (χ1) is 14.2. The van der Waals surface area contributed by atoms with Crippen molar-refractivity contribution in [2.45, 2.75) is 154 Å². The number of carbonyl (C=O) groups excluding carboxylic acids is 2. The molecular formula is C26H51NO2. The van der Waals surface area contributed by atoms with Gasteiger partial charge in [0.25, 0.3) is 0 Å². The van der Waals surface area contributed by atoms with Crippen molar-refractivity contribution in [1.82, 2.24) is 0 Å². The van der Waals surface area contributed by atoms with Crippen LogP contribution in [0.25, 0.3) is 0 Å². The summed E-state index contributed by atoms with van der Waals surface area (Å²) in [5.74, 6) is -0.460. The SMILES string of the molecule is CCCCCCCCCCCCCCCCCCCCCCCC(N)C(=O)C=O. The van der Waals surface area contributed by atoms with Crippen LogP contribution in [0.2, 0.25) is 0 Å². The molecular weight excluding hydrogens is 358 g/mol.